The van der Waals surface area contributed by atoms with E-state index in [9.17, 15) is 0 Å². The van der Waals surface area contributed by atoms with Gasteiger partial charge in [-0.2, -0.15) is 0 Å². The maximum absolute atomic E-state index is 2.28. The second kappa shape index (κ2) is 4.75. The van der Waals surface area contributed by atoms with E-state index >= 15 is 0 Å². The molecular formula is C21H16. The fourth-order valence-corrected chi connectivity index (χ4v) is 3.01. The highest BCUT2D eigenvalue weighted by Crippen LogP contribution is 2.31. The van der Waals surface area contributed by atoms with Crippen molar-refractivity contribution in [2.24, 2.45) is 0 Å². The molecule has 0 fully saturated rings. The monoisotopic (exact) mass is 268 g/mol. The maximum atomic E-state index is 2.28. The molecule has 0 radical (unpaired) electrons. The Balaban J connectivity index is 1.99. The minimum atomic E-state index is 1.28. The summed E-state index contributed by atoms with van der Waals surface area (Å²) >= 11 is 0. The highest BCUT2D eigenvalue weighted by Gasteiger charge is 2.04. The molecule has 21 heavy (non-hydrogen) atoms. The van der Waals surface area contributed by atoms with E-state index in [-0.39, 0.29) is 0 Å². The molecule has 0 amide bonds. The second-order valence-electron chi connectivity index (χ2n) is 5.59. The SMILES string of the molecule is Cc1ccc2c(-c3ccc4ccccc4c3)cccc2c1. The minimum Gasteiger partial charge on any atom is -0.0616 e. The Morgan fingerprint density at radius 1 is 0.571 bits per heavy atom. The number of benzene rings is 4. The van der Waals surface area contributed by atoms with Crippen molar-refractivity contribution in [1.29, 1.82) is 0 Å². The van der Waals surface area contributed by atoms with Crippen LogP contribution in [0.4, 0.5) is 0 Å². The second-order valence-corrected chi connectivity index (χ2v) is 5.59. The Labute approximate surface area is 124 Å². The number of hydrogen-bond donors (Lipinski definition) is 0. The van der Waals surface area contributed by atoms with Crippen molar-refractivity contribution in [1.82, 2.24) is 0 Å². The summed E-state index contributed by atoms with van der Waals surface area (Å²) in [6.45, 7) is 2.14. The van der Waals surface area contributed by atoms with Crippen molar-refractivity contribution in [3.05, 3.63) is 84.4 Å². The summed E-state index contributed by atoms with van der Waals surface area (Å²) in [5, 5.41) is 5.20. The standard InChI is InChI=1S/C21H16/c1-15-9-12-21-18(13-15)7-4-8-20(21)19-11-10-16-5-2-3-6-17(16)14-19/h2-14H,1H3. The van der Waals surface area contributed by atoms with Crippen LogP contribution in [0.1, 0.15) is 5.56 Å². The van der Waals surface area contributed by atoms with Gasteiger partial charge in [-0.25, -0.2) is 0 Å². The first-order valence-corrected chi connectivity index (χ1v) is 7.30. The van der Waals surface area contributed by atoms with Crippen molar-refractivity contribution in [2.75, 3.05) is 0 Å². The quantitative estimate of drug-likeness (QED) is 0.399. The van der Waals surface area contributed by atoms with Gasteiger partial charge in [0.1, 0.15) is 0 Å². The summed E-state index contributed by atoms with van der Waals surface area (Å²) in [6, 6.07) is 28.4. The van der Waals surface area contributed by atoms with E-state index in [0.717, 1.165) is 0 Å². The van der Waals surface area contributed by atoms with Crippen molar-refractivity contribution in [3.8, 4) is 11.1 Å². The number of hydrogen-bond acceptors (Lipinski definition) is 0. The predicted octanol–water partition coefficient (Wildman–Crippen LogP) is 5.97. The van der Waals surface area contributed by atoms with E-state index in [4.69, 9.17) is 0 Å². The van der Waals surface area contributed by atoms with Gasteiger partial charge in [0.05, 0.1) is 0 Å². The molecule has 0 aliphatic carbocycles. The lowest BCUT2D eigenvalue weighted by Gasteiger charge is -2.09. The first-order chi connectivity index (χ1) is 10.3. The Hall–Kier alpha value is -2.60. The van der Waals surface area contributed by atoms with E-state index in [1.165, 1.54) is 38.2 Å². The van der Waals surface area contributed by atoms with Crippen LogP contribution in [-0.2, 0) is 0 Å². The molecule has 0 aliphatic rings. The Kier molecular flexibility index (Phi) is 2.75. The van der Waals surface area contributed by atoms with Gasteiger partial charge in [0.15, 0.2) is 0 Å². The number of fused-ring (bicyclic) bond motifs is 2. The molecule has 0 saturated carbocycles. The first kappa shape index (κ1) is 12.2. The van der Waals surface area contributed by atoms with E-state index in [1.807, 2.05) is 0 Å². The van der Waals surface area contributed by atoms with Crippen LogP contribution in [0.15, 0.2) is 78.9 Å². The molecule has 0 aliphatic heterocycles. The van der Waals surface area contributed by atoms with Crippen molar-refractivity contribution < 1.29 is 0 Å². The molecule has 4 aromatic carbocycles. The van der Waals surface area contributed by atoms with Crippen molar-refractivity contribution >= 4 is 21.5 Å². The summed E-state index contributed by atoms with van der Waals surface area (Å²) in [6.07, 6.45) is 0. The van der Waals surface area contributed by atoms with Gasteiger partial charge < -0.3 is 0 Å². The zero-order valence-corrected chi connectivity index (χ0v) is 12.0. The average molecular weight is 268 g/mol. The van der Waals surface area contributed by atoms with Crippen LogP contribution in [-0.4, -0.2) is 0 Å². The summed E-state index contributed by atoms with van der Waals surface area (Å²) in [5.41, 5.74) is 3.89. The fraction of sp³-hybridized carbons (Fsp3) is 0.0476. The summed E-state index contributed by atoms with van der Waals surface area (Å²) in [4.78, 5) is 0. The van der Waals surface area contributed by atoms with Gasteiger partial charge in [-0.3, -0.25) is 0 Å². The third-order valence-electron chi connectivity index (χ3n) is 4.10. The van der Waals surface area contributed by atoms with Gasteiger partial charge in [-0.05, 0) is 45.7 Å². The van der Waals surface area contributed by atoms with Gasteiger partial charge in [0.25, 0.3) is 0 Å². The van der Waals surface area contributed by atoms with Crippen LogP contribution in [0.5, 0.6) is 0 Å². The van der Waals surface area contributed by atoms with Crippen molar-refractivity contribution in [2.45, 2.75) is 6.92 Å². The Bertz CT molecular complexity index is 948. The molecule has 0 saturated heterocycles. The summed E-state index contributed by atoms with van der Waals surface area (Å²) in [5.74, 6) is 0. The van der Waals surface area contributed by atoms with Gasteiger partial charge in [-0.15, -0.1) is 0 Å². The third-order valence-corrected chi connectivity index (χ3v) is 4.10. The van der Waals surface area contributed by atoms with E-state index < -0.39 is 0 Å². The molecule has 0 unspecified atom stereocenters. The van der Waals surface area contributed by atoms with Crippen LogP contribution in [0.2, 0.25) is 0 Å². The van der Waals surface area contributed by atoms with Crippen molar-refractivity contribution in [3.63, 3.8) is 0 Å². The molecule has 0 heterocycles. The molecule has 4 aromatic rings. The van der Waals surface area contributed by atoms with Gasteiger partial charge >= 0.3 is 0 Å². The Morgan fingerprint density at radius 2 is 1.38 bits per heavy atom. The lowest BCUT2D eigenvalue weighted by atomic mass is 9.95. The van der Waals surface area contributed by atoms with Gasteiger partial charge in [-0.1, -0.05) is 78.4 Å². The topological polar surface area (TPSA) is 0 Å². The van der Waals surface area contributed by atoms with Crippen LogP contribution in [0.25, 0.3) is 32.7 Å². The highest BCUT2D eigenvalue weighted by atomic mass is 14.1. The van der Waals surface area contributed by atoms with Gasteiger partial charge in [0, 0.05) is 0 Å². The Morgan fingerprint density at radius 3 is 2.29 bits per heavy atom. The predicted molar refractivity (Wildman–Crippen MR) is 91.6 cm³/mol. The molecule has 100 valence electrons. The van der Waals surface area contributed by atoms with E-state index in [0.29, 0.717) is 0 Å². The molecule has 0 bridgehead atoms. The van der Waals surface area contributed by atoms with Gasteiger partial charge in [0.2, 0.25) is 0 Å². The molecule has 0 heteroatoms. The van der Waals surface area contributed by atoms with Crippen LogP contribution >= 0.6 is 0 Å². The molecule has 0 spiro atoms. The smallest absolute Gasteiger partial charge is 0.0105 e. The molecule has 0 atom stereocenters. The average Bonchev–Trinajstić information content (AvgIpc) is 2.53. The van der Waals surface area contributed by atoms with Crippen LogP contribution < -0.4 is 0 Å². The molecular weight excluding hydrogens is 252 g/mol. The maximum Gasteiger partial charge on any atom is -0.0105 e. The first-order valence-electron chi connectivity index (χ1n) is 7.30. The largest absolute Gasteiger partial charge is 0.0616 e. The lowest BCUT2D eigenvalue weighted by Crippen LogP contribution is -1.83. The summed E-state index contributed by atoms with van der Waals surface area (Å²) in [7, 11) is 0. The summed E-state index contributed by atoms with van der Waals surface area (Å²) < 4.78 is 0. The molecule has 0 nitrogen and oxygen atoms in total. The van der Waals surface area contributed by atoms with Crippen LogP contribution in [0.3, 0.4) is 0 Å². The third kappa shape index (κ3) is 2.09. The minimum absolute atomic E-state index is 1.28. The highest BCUT2D eigenvalue weighted by molar-refractivity contribution is 5.99. The normalized spacial score (nSPS) is 11.1. The fourth-order valence-electron chi connectivity index (χ4n) is 3.01. The molecule has 4 rings (SSSR count). The zero-order chi connectivity index (χ0) is 14.2. The lowest BCUT2D eigenvalue weighted by molar-refractivity contribution is 1.50. The molecule has 0 aromatic heterocycles. The molecule has 0 N–H and O–H groups in total. The van der Waals surface area contributed by atoms with E-state index in [1.54, 1.807) is 0 Å². The van der Waals surface area contributed by atoms with E-state index in [2.05, 4.69) is 85.8 Å². The number of aryl methyl sites for hydroxylation is 1. The van der Waals surface area contributed by atoms with Crippen LogP contribution in [0, 0.1) is 6.92 Å². The zero-order valence-electron chi connectivity index (χ0n) is 12.0. The number of rotatable bonds is 1.